The van der Waals surface area contributed by atoms with E-state index < -0.39 is 9.84 Å². The van der Waals surface area contributed by atoms with Crippen molar-refractivity contribution in [1.82, 2.24) is 5.32 Å². The summed E-state index contributed by atoms with van der Waals surface area (Å²) in [5, 5.41) is 3.57. The maximum absolute atomic E-state index is 11.6. The highest BCUT2D eigenvalue weighted by molar-refractivity contribution is 7.91. The van der Waals surface area contributed by atoms with Gasteiger partial charge in [-0.25, -0.2) is 8.42 Å². The number of nitrogens with one attached hydrogen (secondary N) is 1. The third-order valence-corrected chi connectivity index (χ3v) is 5.75. The maximum atomic E-state index is 11.6. The van der Waals surface area contributed by atoms with Gasteiger partial charge in [0.05, 0.1) is 11.5 Å². The molecule has 1 N–H and O–H groups in total. The van der Waals surface area contributed by atoms with Gasteiger partial charge >= 0.3 is 0 Å². The Labute approximate surface area is 105 Å². The van der Waals surface area contributed by atoms with Gasteiger partial charge in [0.1, 0.15) is 0 Å². The predicted octanol–water partition coefficient (Wildman–Crippen LogP) is 1.84. The van der Waals surface area contributed by atoms with Crippen molar-refractivity contribution < 1.29 is 8.42 Å². The summed E-state index contributed by atoms with van der Waals surface area (Å²) in [4.78, 5) is 0. The molecule has 0 radical (unpaired) electrons. The average Bonchev–Trinajstić information content (AvgIpc) is 2.96. The summed E-state index contributed by atoms with van der Waals surface area (Å²) < 4.78 is 23.1. The highest BCUT2D eigenvalue weighted by atomic mass is 32.2. The molecule has 1 saturated carbocycles. The minimum Gasteiger partial charge on any atom is -0.314 e. The third-order valence-electron chi connectivity index (χ3n) is 3.95. The van der Waals surface area contributed by atoms with Crippen LogP contribution in [0.5, 0.6) is 0 Å². The average molecular weight is 259 g/mol. The van der Waals surface area contributed by atoms with Crippen LogP contribution in [0.1, 0.15) is 39.5 Å². The molecule has 0 aromatic rings. The van der Waals surface area contributed by atoms with E-state index in [-0.39, 0.29) is 0 Å². The summed E-state index contributed by atoms with van der Waals surface area (Å²) in [5.74, 6) is 2.44. The zero-order chi connectivity index (χ0) is 12.5. The van der Waals surface area contributed by atoms with Gasteiger partial charge in [-0.1, -0.05) is 13.8 Å². The van der Waals surface area contributed by atoms with Gasteiger partial charge in [-0.3, -0.25) is 0 Å². The summed E-state index contributed by atoms with van der Waals surface area (Å²) in [6.45, 7) is 5.48. The molecule has 2 aliphatic rings. The van der Waals surface area contributed by atoms with Gasteiger partial charge in [0.25, 0.3) is 0 Å². The van der Waals surface area contributed by atoms with E-state index in [1.807, 2.05) is 0 Å². The van der Waals surface area contributed by atoms with E-state index in [1.54, 1.807) is 0 Å². The van der Waals surface area contributed by atoms with E-state index in [4.69, 9.17) is 0 Å². The van der Waals surface area contributed by atoms with E-state index in [1.165, 1.54) is 12.8 Å². The van der Waals surface area contributed by atoms with Crippen molar-refractivity contribution in [2.45, 2.75) is 45.6 Å². The second-order valence-corrected chi connectivity index (χ2v) is 8.46. The molecule has 3 nitrogen and oxygen atoms in total. The SMILES string of the molecule is CC(C)CC(CNC1CC1)C1CCS(=O)(=O)C1. The smallest absolute Gasteiger partial charge is 0.150 e. The van der Waals surface area contributed by atoms with E-state index in [2.05, 4.69) is 19.2 Å². The van der Waals surface area contributed by atoms with Crippen molar-refractivity contribution in [3.8, 4) is 0 Å². The minimum atomic E-state index is -2.73. The summed E-state index contributed by atoms with van der Waals surface area (Å²) in [6.07, 6.45) is 4.64. The molecular weight excluding hydrogens is 234 g/mol. The Morgan fingerprint density at radius 2 is 1.94 bits per heavy atom. The van der Waals surface area contributed by atoms with Crippen LogP contribution in [-0.4, -0.2) is 32.5 Å². The van der Waals surface area contributed by atoms with Crippen LogP contribution in [0.4, 0.5) is 0 Å². The first-order valence-electron chi connectivity index (χ1n) is 6.90. The van der Waals surface area contributed by atoms with Crippen molar-refractivity contribution in [2.75, 3.05) is 18.1 Å². The Morgan fingerprint density at radius 3 is 2.41 bits per heavy atom. The molecule has 2 rings (SSSR count). The molecule has 2 fully saturated rings. The molecule has 0 aromatic carbocycles. The fourth-order valence-electron chi connectivity index (χ4n) is 2.85. The Kier molecular flexibility index (Phi) is 4.14. The molecule has 2 unspecified atom stereocenters. The Hall–Kier alpha value is -0.0900. The van der Waals surface area contributed by atoms with Crippen LogP contribution in [0.15, 0.2) is 0 Å². The molecule has 100 valence electrons. The first kappa shape index (κ1) is 13.3. The van der Waals surface area contributed by atoms with Crippen LogP contribution in [0.3, 0.4) is 0 Å². The molecule has 0 spiro atoms. The van der Waals surface area contributed by atoms with Crippen molar-refractivity contribution in [3.63, 3.8) is 0 Å². The molecule has 0 bridgehead atoms. The standard InChI is InChI=1S/C13H25NO2S/c1-10(2)7-12(8-14-13-3-4-13)11-5-6-17(15,16)9-11/h10-14H,3-9H2,1-2H3. The van der Waals surface area contributed by atoms with Gasteiger partial charge in [0, 0.05) is 6.04 Å². The van der Waals surface area contributed by atoms with Crippen LogP contribution in [0, 0.1) is 17.8 Å². The van der Waals surface area contributed by atoms with Crippen LogP contribution in [-0.2, 0) is 9.84 Å². The normalized spacial score (nSPS) is 29.7. The fourth-order valence-corrected chi connectivity index (χ4v) is 4.77. The van der Waals surface area contributed by atoms with Crippen molar-refractivity contribution >= 4 is 9.84 Å². The second kappa shape index (κ2) is 5.27. The van der Waals surface area contributed by atoms with Gasteiger partial charge in [0.15, 0.2) is 9.84 Å². The summed E-state index contributed by atoms with van der Waals surface area (Å²) >= 11 is 0. The molecule has 1 heterocycles. The molecule has 1 saturated heterocycles. The molecule has 1 aliphatic heterocycles. The third kappa shape index (κ3) is 4.25. The number of sulfone groups is 1. The molecule has 1 aliphatic carbocycles. The lowest BCUT2D eigenvalue weighted by Gasteiger charge is -2.24. The number of hydrogen-bond acceptors (Lipinski definition) is 3. The molecule has 0 aromatic heterocycles. The Balaban J connectivity index is 1.89. The van der Waals surface area contributed by atoms with Gasteiger partial charge in [-0.15, -0.1) is 0 Å². The molecule has 2 atom stereocenters. The summed E-state index contributed by atoms with van der Waals surface area (Å²) in [5.41, 5.74) is 0. The quantitative estimate of drug-likeness (QED) is 0.791. The summed E-state index contributed by atoms with van der Waals surface area (Å²) in [6, 6.07) is 0.725. The first-order valence-corrected chi connectivity index (χ1v) is 8.72. The van der Waals surface area contributed by atoms with E-state index in [0.717, 1.165) is 25.4 Å². The van der Waals surface area contributed by atoms with E-state index in [9.17, 15) is 8.42 Å². The van der Waals surface area contributed by atoms with Crippen molar-refractivity contribution in [2.24, 2.45) is 17.8 Å². The largest absolute Gasteiger partial charge is 0.314 e. The van der Waals surface area contributed by atoms with E-state index >= 15 is 0 Å². The maximum Gasteiger partial charge on any atom is 0.150 e. The Bertz CT molecular complexity index is 346. The van der Waals surface area contributed by atoms with Gasteiger partial charge in [0.2, 0.25) is 0 Å². The van der Waals surface area contributed by atoms with E-state index in [0.29, 0.717) is 29.3 Å². The summed E-state index contributed by atoms with van der Waals surface area (Å²) in [7, 11) is -2.73. The van der Waals surface area contributed by atoms with Crippen LogP contribution < -0.4 is 5.32 Å². The lowest BCUT2D eigenvalue weighted by atomic mass is 9.85. The molecule has 4 heteroatoms. The van der Waals surface area contributed by atoms with Crippen LogP contribution in [0.25, 0.3) is 0 Å². The molecule has 0 amide bonds. The topological polar surface area (TPSA) is 46.2 Å². The van der Waals surface area contributed by atoms with Crippen LogP contribution >= 0.6 is 0 Å². The highest BCUT2D eigenvalue weighted by Crippen LogP contribution is 2.31. The zero-order valence-electron chi connectivity index (χ0n) is 11.0. The Morgan fingerprint density at radius 1 is 1.24 bits per heavy atom. The highest BCUT2D eigenvalue weighted by Gasteiger charge is 2.34. The zero-order valence-corrected chi connectivity index (χ0v) is 11.8. The monoisotopic (exact) mass is 259 g/mol. The molecular formula is C13H25NO2S. The lowest BCUT2D eigenvalue weighted by molar-refractivity contribution is 0.290. The van der Waals surface area contributed by atoms with Crippen molar-refractivity contribution in [3.05, 3.63) is 0 Å². The fraction of sp³-hybridized carbons (Fsp3) is 1.00. The van der Waals surface area contributed by atoms with Crippen LogP contribution in [0.2, 0.25) is 0 Å². The number of rotatable bonds is 6. The van der Waals surface area contributed by atoms with Gasteiger partial charge < -0.3 is 5.32 Å². The lowest BCUT2D eigenvalue weighted by Crippen LogP contribution is -2.31. The number of hydrogen-bond donors (Lipinski definition) is 1. The van der Waals surface area contributed by atoms with Crippen molar-refractivity contribution in [1.29, 1.82) is 0 Å². The van der Waals surface area contributed by atoms with Gasteiger partial charge in [-0.05, 0) is 50.0 Å². The molecule has 17 heavy (non-hydrogen) atoms. The minimum absolute atomic E-state index is 0.397. The van der Waals surface area contributed by atoms with Gasteiger partial charge in [-0.2, -0.15) is 0 Å². The first-order chi connectivity index (χ1) is 7.96. The predicted molar refractivity (Wildman–Crippen MR) is 70.7 cm³/mol. The second-order valence-electron chi connectivity index (χ2n) is 6.24.